The number of alkyl halides is 1. The van der Waals surface area contributed by atoms with Crippen molar-refractivity contribution in [3.05, 3.63) is 29.8 Å². The van der Waals surface area contributed by atoms with Crippen LogP contribution in [0.5, 0.6) is 5.75 Å². The van der Waals surface area contributed by atoms with Gasteiger partial charge in [0.05, 0.1) is 7.11 Å². The van der Waals surface area contributed by atoms with Gasteiger partial charge in [0.1, 0.15) is 11.9 Å². The number of hydrogen-bond acceptors (Lipinski definition) is 2. The monoisotopic (exact) mass is 197 g/mol. The second-order valence-corrected chi connectivity index (χ2v) is 3.45. The molecule has 0 amide bonds. The van der Waals surface area contributed by atoms with Crippen LogP contribution in [0.4, 0.5) is 4.39 Å². The molecule has 0 aliphatic carbocycles. The molecule has 0 saturated heterocycles. The molecule has 2 N–H and O–H groups in total. The van der Waals surface area contributed by atoms with Crippen LogP contribution in [0.25, 0.3) is 0 Å². The van der Waals surface area contributed by atoms with Crippen molar-refractivity contribution in [2.45, 2.75) is 25.6 Å². The molecule has 78 valence electrons. The van der Waals surface area contributed by atoms with Crippen LogP contribution in [-0.4, -0.2) is 13.2 Å². The highest BCUT2D eigenvalue weighted by Crippen LogP contribution is 2.24. The highest BCUT2D eigenvalue weighted by atomic mass is 19.1. The minimum atomic E-state index is -0.985. The number of nitrogens with two attached hydrogens (primary N) is 1. The summed E-state index contributed by atoms with van der Waals surface area (Å²) in [5, 5.41) is 0. The topological polar surface area (TPSA) is 35.2 Å². The van der Waals surface area contributed by atoms with Gasteiger partial charge in [0.2, 0.25) is 0 Å². The van der Waals surface area contributed by atoms with Crippen LogP contribution in [-0.2, 0) is 0 Å². The highest BCUT2D eigenvalue weighted by molar-refractivity contribution is 5.28. The normalized spacial score (nSPS) is 14.9. The maximum Gasteiger partial charge on any atom is 0.127 e. The summed E-state index contributed by atoms with van der Waals surface area (Å²) in [6.07, 6.45) is -0.632. The Balaban J connectivity index is 2.66. The Morgan fingerprint density at radius 3 is 2.36 bits per heavy atom. The van der Waals surface area contributed by atoms with Crippen molar-refractivity contribution in [3.63, 3.8) is 0 Å². The lowest BCUT2D eigenvalue weighted by Gasteiger charge is -2.11. The van der Waals surface area contributed by atoms with Crippen LogP contribution < -0.4 is 10.5 Å². The Morgan fingerprint density at radius 1 is 1.36 bits per heavy atom. The predicted octanol–water partition coefficient (Wildman–Crippen LogP) is 2.44. The quantitative estimate of drug-likeness (QED) is 0.804. The molecule has 0 aliphatic rings. The van der Waals surface area contributed by atoms with Crippen molar-refractivity contribution >= 4 is 0 Å². The minimum absolute atomic E-state index is 0.118. The number of rotatable bonds is 4. The fraction of sp³-hybridized carbons (Fsp3) is 0.455. The van der Waals surface area contributed by atoms with E-state index in [2.05, 4.69) is 0 Å². The van der Waals surface area contributed by atoms with E-state index in [0.717, 1.165) is 5.75 Å². The lowest BCUT2D eigenvalue weighted by molar-refractivity contribution is 0.307. The number of ether oxygens (including phenoxy) is 1. The molecule has 0 aromatic heterocycles. The van der Waals surface area contributed by atoms with Crippen molar-refractivity contribution in [1.29, 1.82) is 0 Å². The molecule has 2 unspecified atom stereocenters. The summed E-state index contributed by atoms with van der Waals surface area (Å²) in [7, 11) is 1.59. The molecule has 1 aromatic carbocycles. The van der Waals surface area contributed by atoms with Gasteiger partial charge in [0, 0.05) is 6.04 Å². The van der Waals surface area contributed by atoms with Crippen LogP contribution in [0.1, 0.15) is 25.1 Å². The molecule has 1 aromatic rings. The molecule has 0 heterocycles. The van der Waals surface area contributed by atoms with Gasteiger partial charge in [-0.2, -0.15) is 0 Å². The zero-order chi connectivity index (χ0) is 10.6. The summed E-state index contributed by atoms with van der Waals surface area (Å²) >= 11 is 0. The molecule has 0 fully saturated rings. The number of hydrogen-bond donors (Lipinski definition) is 1. The van der Waals surface area contributed by atoms with Crippen LogP contribution in [0.3, 0.4) is 0 Å². The van der Waals surface area contributed by atoms with Crippen molar-refractivity contribution in [1.82, 2.24) is 0 Å². The summed E-state index contributed by atoms with van der Waals surface area (Å²) in [6.45, 7) is 1.80. The third-order valence-corrected chi connectivity index (χ3v) is 2.06. The second kappa shape index (κ2) is 4.96. The zero-order valence-corrected chi connectivity index (χ0v) is 8.53. The van der Waals surface area contributed by atoms with Crippen molar-refractivity contribution in [2.24, 2.45) is 5.73 Å². The lowest BCUT2D eigenvalue weighted by Crippen LogP contribution is -2.16. The van der Waals surface area contributed by atoms with Gasteiger partial charge in [0.15, 0.2) is 0 Å². The van der Waals surface area contributed by atoms with Crippen LogP contribution in [0.15, 0.2) is 24.3 Å². The first-order chi connectivity index (χ1) is 6.63. The Morgan fingerprint density at radius 2 is 1.93 bits per heavy atom. The van der Waals surface area contributed by atoms with Gasteiger partial charge in [0.25, 0.3) is 0 Å². The Labute approximate surface area is 83.9 Å². The van der Waals surface area contributed by atoms with Crippen LogP contribution in [0.2, 0.25) is 0 Å². The first kappa shape index (κ1) is 11.0. The van der Waals surface area contributed by atoms with Crippen LogP contribution in [0, 0.1) is 0 Å². The molecule has 3 heteroatoms. The fourth-order valence-electron chi connectivity index (χ4n) is 1.28. The average Bonchev–Trinajstić information content (AvgIpc) is 2.17. The van der Waals surface area contributed by atoms with Gasteiger partial charge in [-0.1, -0.05) is 12.1 Å². The Bertz CT molecular complexity index is 271. The van der Waals surface area contributed by atoms with Crippen molar-refractivity contribution in [2.75, 3.05) is 7.11 Å². The molecule has 0 radical (unpaired) electrons. The van der Waals surface area contributed by atoms with Gasteiger partial charge in [-0.3, -0.25) is 0 Å². The fourth-order valence-corrected chi connectivity index (χ4v) is 1.28. The van der Waals surface area contributed by atoms with E-state index < -0.39 is 6.17 Å². The number of benzene rings is 1. The van der Waals surface area contributed by atoms with Crippen LogP contribution >= 0.6 is 0 Å². The van der Waals surface area contributed by atoms with E-state index in [-0.39, 0.29) is 6.04 Å². The van der Waals surface area contributed by atoms with Gasteiger partial charge >= 0.3 is 0 Å². The molecule has 14 heavy (non-hydrogen) atoms. The Hall–Kier alpha value is -1.09. The third kappa shape index (κ3) is 3.00. The van der Waals surface area contributed by atoms with E-state index in [1.165, 1.54) is 0 Å². The summed E-state index contributed by atoms with van der Waals surface area (Å²) in [6, 6.07) is 6.84. The molecule has 2 nitrogen and oxygen atoms in total. The molecule has 0 bridgehead atoms. The molecule has 0 saturated carbocycles. The van der Waals surface area contributed by atoms with Crippen molar-refractivity contribution in [3.8, 4) is 5.75 Å². The maximum atomic E-state index is 13.5. The van der Waals surface area contributed by atoms with E-state index in [4.69, 9.17) is 10.5 Å². The molecule has 0 aliphatic heterocycles. The summed E-state index contributed by atoms with van der Waals surface area (Å²) < 4.78 is 18.5. The van der Waals surface area contributed by atoms with Gasteiger partial charge in [-0.25, -0.2) is 4.39 Å². The summed E-state index contributed by atoms with van der Waals surface area (Å²) in [5.74, 6) is 0.738. The smallest absolute Gasteiger partial charge is 0.127 e. The molecule has 0 spiro atoms. The first-order valence-corrected chi connectivity index (χ1v) is 4.67. The van der Waals surface area contributed by atoms with Gasteiger partial charge in [-0.15, -0.1) is 0 Å². The van der Waals surface area contributed by atoms with E-state index in [1.54, 1.807) is 38.3 Å². The number of halogens is 1. The van der Waals surface area contributed by atoms with Crippen molar-refractivity contribution < 1.29 is 9.13 Å². The Kier molecular flexibility index (Phi) is 3.89. The van der Waals surface area contributed by atoms with Gasteiger partial charge < -0.3 is 10.5 Å². The molecule has 1 rings (SSSR count). The first-order valence-electron chi connectivity index (χ1n) is 4.67. The largest absolute Gasteiger partial charge is 0.497 e. The minimum Gasteiger partial charge on any atom is -0.497 e. The predicted molar refractivity (Wildman–Crippen MR) is 55.1 cm³/mol. The average molecular weight is 197 g/mol. The van der Waals surface area contributed by atoms with E-state index in [0.29, 0.717) is 12.0 Å². The molecular weight excluding hydrogens is 181 g/mol. The standard InChI is InChI=1S/C11H16FNO/c1-8(13)7-11(12)9-3-5-10(14-2)6-4-9/h3-6,8,11H,7,13H2,1-2H3. The lowest BCUT2D eigenvalue weighted by atomic mass is 10.0. The highest BCUT2D eigenvalue weighted by Gasteiger charge is 2.11. The summed E-state index contributed by atoms with van der Waals surface area (Å²) in [5.41, 5.74) is 6.18. The van der Waals surface area contributed by atoms with E-state index in [1.807, 2.05) is 0 Å². The third-order valence-electron chi connectivity index (χ3n) is 2.06. The number of methoxy groups -OCH3 is 1. The zero-order valence-electron chi connectivity index (χ0n) is 8.53. The van der Waals surface area contributed by atoms with E-state index >= 15 is 0 Å². The maximum absolute atomic E-state index is 13.5. The summed E-state index contributed by atoms with van der Waals surface area (Å²) in [4.78, 5) is 0. The SMILES string of the molecule is COc1ccc(C(F)CC(C)N)cc1. The molecular formula is C11H16FNO. The van der Waals surface area contributed by atoms with Gasteiger partial charge in [-0.05, 0) is 31.0 Å². The van der Waals surface area contributed by atoms with E-state index in [9.17, 15) is 4.39 Å². The second-order valence-electron chi connectivity index (χ2n) is 3.45. The molecule has 2 atom stereocenters.